The molecule has 0 aromatic carbocycles. The molecule has 58 valence electrons. The molecular weight excluding hydrogens is 167 g/mol. The Bertz CT molecular complexity index is 185. The van der Waals surface area contributed by atoms with Crippen molar-refractivity contribution in [3.63, 3.8) is 0 Å². The Morgan fingerprint density at radius 1 is 0.727 bits per heavy atom. The summed E-state index contributed by atoms with van der Waals surface area (Å²) in [6.07, 6.45) is 0. The van der Waals surface area contributed by atoms with Gasteiger partial charge in [0, 0.05) is 0 Å². The van der Waals surface area contributed by atoms with Gasteiger partial charge in [-0.25, -0.2) is 9.59 Å². The first-order valence-corrected chi connectivity index (χ1v) is 2.05. The van der Waals surface area contributed by atoms with Crippen LogP contribution < -0.4 is 0 Å². The van der Waals surface area contributed by atoms with Crippen molar-refractivity contribution in [1.29, 1.82) is 0 Å². The average molecular weight is 172 g/mol. The van der Waals surface area contributed by atoms with E-state index in [9.17, 15) is 9.59 Å². The van der Waals surface area contributed by atoms with Gasteiger partial charge < -0.3 is 20.4 Å². The first-order chi connectivity index (χ1) is 4.46. The van der Waals surface area contributed by atoms with Gasteiger partial charge in [0.05, 0.1) is 0 Å². The van der Waals surface area contributed by atoms with Crippen LogP contribution in [0.15, 0.2) is 11.5 Å². The summed E-state index contributed by atoms with van der Waals surface area (Å²) in [4.78, 5) is 19.4. The van der Waals surface area contributed by atoms with Crippen molar-refractivity contribution in [3.8, 4) is 0 Å². The Labute approximate surface area is 83.1 Å². The number of aliphatic hydroxyl groups excluding tert-OH is 2. The van der Waals surface area contributed by atoms with E-state index in [-0.39, 0.29) is 29.6 Å². The number of aliphatic hydroxyl groups is 2. The van der Waals surface area contributed by atoms with Crippen molar-refractivity contribution in [2.75, 3.05) is 0 Å². The summed E-state index contributed by atoms with van der Waals surface area (Å²) in [5.74, 6) is -6.93. The molecule has 0 atom stereocenters. The third kappa shape index (κ3) is 3.87. The topological polar surface area (TPSA) is 115 Å². The molecule has 0 aliphatic carbocycles. The van der Waals surface area contributed by atoms with Gasteiger partial charge in [0.1, 0.15) is 0 Å². The molecule has 0 rings (SSSR count). The molecule has 0 aliphatic heterocycles. The van der Waals surface area contributed by atoms with E-state index >= 15 is 0 Å². The van der Waals surface area contributed by atoms with E-state index in [4.69, 9.17) is 20.4 Å². The van der Waals surface area contributed by atoms with Crippen LogP contribution >= 0.6 is 0 Å². The molecule has 0 aliphatic rings. The summed E-state index contributed by atoms with van der Waals surface area (Å²) in [6.45, 7) is 0. The number of hydrogen-bond donors (Lipinski definition) is 4. The normalized spacial score (nSPS) is 10.9. The Hall–Kier alpha value is -0.720. The van der Waals surface area contributed by atoms with Gasteiger partial charge in [-0.15, -0.1) is 0 Å². The van der Waals surface area contributed by atoms with Gasteiger partial charge in [-0.05, 0) is 0 Å². The first-order valence-electron chi connectivity index (χ1n) is 2.05. The molecule has 0 saturated heterocycles. The number of rotatable bonds is 2. The Morgan fingerprint density at radius 3 is 1.00 bits per heavy atom. The SMILES string of the molecule is O=C(O)C(O)=C(O)C(=O)O.[NaH]. The van der Waals surface area contributed by atoms with Gasteiger partial charge in [0.15, 0.2) is 0 Å². The van der Waals surface area contributed by atoms with Crippen LogP contribution in [0.5, 0.6) is 0 Å². The van der Waals surface area contributed by atoms with Gasteiger partial charge in [-0.2, -0.15) is 0 Å². The fourth-order valence-electron chi connectivity index (χ4n) is 0.203. The van der Waals surface area contributed by atoms with Crippen LogP contribution in [0, 0.1) is 0 Å². The van der Waals surface area contributed by atoms with E-state index in [1.807, 2.05) is 0 Å². The molecule has 0 amide bonds. The summed E-state index contributed by atoms with van der Waals surface area (Å²) in [5.41, 5.74) is 0. The summed E-state index contributed by atoms with van der Waals surface area (Å²) < 4.78 is 0. The molecule has 0 aromatic rings. The van der Waals surface area contributed by atoms with Crippen LogP contribution in [-0.2, 0) is 9.59 Å². The second-order valence-corrected chi connectivity index (χ2v) is 1.31. The molecule has 0 fully saturated rings. The summed E-state index contributed by atoms with van der Waals surface area (Å²) >= 11 is 0. The van der Waals surface area contributed by atoms with Gasteiger partial charge in [-0.3, -0.25) is 0 Å². The molecule has 11 heavy (non-hydrogen) atoms. The van der Waals surface area contributed by atoms with Crippen molar-refractivity contribution in [2.45, 2.75) is 0 Å². The molecule has 0 bridgehead atoms. The summed E-state index contributed by atoms with van der Waals surface area (Å²) in [6, 6.07) is 0. The predicted octanol–water partition coefficient (Wildman–Crippen LogP) is -1.17. The number of carboxylic acid groups (broad SMARTS) is 2. The van der Waals surface area contributed by atoms with E-state index in [1.54, 1.807) is 0 Å². The van der Waals surface area contributed by atoms with Crippen molar-refractivity contribution >= 4 is 41.5 Å². The van der Waals surface area contributed by atoms with E-state index < -0.39 is 23.5 Å². The van der Waals surface area contributed by atoms with Gasteiger partial charge in [-0.1, -0.05) is 0 Å². The number of hydrogen-bond acceptors (Lipinski definition) is 4. The average Bonchev–Trinajstić information content (AvgIpc) is 1.84. The zero-order valence-corrected chi connectivity index (χ0v) is 4.61. The van der Waals surface area contributed by atoms with Crippen molar-refractivity contribution in [2.24, 2.45) is 0 Å². The van der Waals surface area contributed by atoms with Crippen LogP contribution in [-0.4, -0.2) is 61.9 Å². The number of carbonyl (C=O) groups is 2. The summed E-state index contributed by atoms with van der Waals surface area (Å²) in [7, 11) is 0. The molecule has 0 spiro atoms. The third-order valence-electron chi connectivity index (χ3n) is 0.629. The van der Waals surface area contributed by atoms with E-state index in [1.165, 1.54) is 0 Å². The number of aliphatic carboxylic acids is 2. The summed E-state index contributed by atoms with van der Waals surface area (Å²) in [5, 5.41) is 32.2. The second-order valence-electron chi connectivity index (χ2n) is 1.31. The molecule has 0 radical (unpaired) electrons. The fraction of sp³-hybridized carbons (Fsp3) is 0. The number of carboxylic acids is 2. The zero-order chi connectivity index (χ0) is 8.31. The van der Waals surface area contributed by atoms with Crippen LogP contribution in [0.25, 0.3) is 0 Å². The minimum absolute atomic E-state index is 0. The van der Waals surface area contributed by atoms with E-state index in [0.29, 0.717) is 0 Å². The van der Waals surface area contributed by atoms with Crippen molar-refractivity contribution < 1.29 is 30.0 Å². The van der Waals surface area contributed by atoms with Gasteiger partial charge >= 0.3 is 41.5 Å². The van der Waals surface area contributed by atoms with Crippen LogP contribution in [0.3, 0.4) is 0 Å². The first kappa shape index (κ1) is 12.9. The van der Waals surface area contributed by atoms with E-state index in [0.717, 1.165) is 0 Å². The van der Waals surface area contributed by atoms with Crippen LogP contribution in [0.1, 0.15) is 0 Å². The van der Waals surface area contributed by atoms with Gasteiger partial charge in [0.2, 0.25) is 0 Å². The second kappa shape index (κ2) is 5.00. The van der Waals surface area contributed by atoms with Crippen LogP contribution in [0.2, 0.25) is 0 Å². The standard InChI is InChI=1S/C4H4O6.Na.H/c5-1(3(7)8)2(6)4(9)10;;/h5-6H,(H,7,8)(H,9,10);;. The molecule has 4 N–H and O–H groups in total. The monoisotopic (exact) mass is 172 g/mol. The zero-order valence-electron chi connectivity index (χ0n) is 4.61. The van der Waals surface area contributed by atoms with Gasteiger partial charge in [0.25, 0.3) is 11.5 Å². The minimum atomic E-state index is -1.89. The molecule has 0 heterocycles. The fourth-order valence-corrected chi connectivity index (χ4v) is 0.203. The predicted molar refractivity (Wildman–Crippen MR) is 34.7 cm³/mol. The molecular formula is C4H5NaO6. The third-order valence-corrected chi connectivity index (χ3v) is 0.629. The molecule has 0 saturated carbocycles. The molecule has 7 heteroatoms. The Morgan fingerprint density at radius 2 is 0.909 bits per heavy atom. The maximum atomic E-state index is 9.71. The molecule has 0 aromatic heterocycles. The Kier molecular flexibility index (Phi) is 5.87. The molecule has 6 nitrogen and oxygen atoms in total. The van der Waals surface area contributed by atoms with Crippen LogP contribution in [0.4, 0.5) is 0 Å². The van der Waals surface area contributed by atoms with Crippen molar-refractivity contribution in [1.82, 2.24) is 0 Å². The molecule has 0 unspecified atom stereocenters. The Balaban J connectivity index is 0. The quantitative estimate of drug-likeness (QED) is 0.237. The van der Waals surface area contributed by atoms with Crippen molar-refractivity contribution in [3.05, 3.63) is 11.5 Å². The van der Waals surface area contributed by atoms with E-state index in [2.05, 4.69) is 0 Å². The maximum absolute atomic E-state index is 9.71.